The fourth-order valence-electron chi connectivity index (χ4n) is 4.60. The van der Waals surface area contributed by atoms with Crippen molar-refractivity contribution < 1.29 is 22.4 Å². The summed E-state index contributed by atoms with van der Waals surface area (Å²) in [7, 11) is 0. The largest absolute Gasteiger partial charge is 0.435 e. The fourth-order valence-corrected chi connectivity index (χ4v) is 5.78. The van der Waals surface area contributed by atoms with Crippen LogP contribution < -0.4 is 5.73 Å². The van der Waals surface area contributed by atoms with Gasteiger partial charge in [0.25, 0.3) is 0 Å². The predicted octanol–water partition coefficient (Wildman–Crippen LogP) is 4.96. The Labute approximate surface area is 209 Å². The van der Waals surface area contributed by atoms with Gasteiger partial charge in [-0.1, -0.05) is 18.2 Å². The lowest BCUT2D eigenvalue weighted by Gasteiger charge is -2.34. The zero-order valence-electron chi connectivity index (χ0n) is 19.6. The Hall–Kier alpha value is -3.49. The third kappa shape index (κ3) is 4.54. The highest BCUT2D eigenvalue weighted by molar-refractivity contribution is 7.12. The second-order valence-electron chi connectivity index (χ2n) is 8.36. The first-order chi connectivity index (χ1) is 17.1. The molecule has 0 unspecified atom stereocenters. The van der Waals surface area contributed by atoms with Crippen LogP contribution in [0.2, 0.25) is 0 Å². The molecule has 188 valence electrons. The lowest BCUT2D eigenvalue weighted by atomic mass is 9.81. The minimum Gasteiger partial charge on any atom is -0.333 e. The average Bonchev–Trinajstić information content (AvgIpc) is 3.43. The summed E-state index contributed by atoms with van der Waals surface area (Å²) < 4.78 is 58.3. The SMILES string of the molecule is CCn1cc(-c2c(F)cccc2[C@@H]2CN(C(=O)/C=C/CN)Cc3sc(C#N)c(C)c32)c(C(F)(F)F)n1. The van der Waals surface area contributed by atoms with Crippen molar-refractivity contribution in [3.63, 3.8) is 0 Å². The number of hydrogen-bond donors (Lipinski definition) is 1. The van der Waals surface area contributed by atoms with Crippen LogP contribution in [0.4, 0.5) is 17.6 Å². The number of aryl methyl sites for hydroxylation is 1. The first-order valence-corrected chi connectivity index (χ1v) is 12.0. The zero-order valence-corrected chi connectivity index (χ0v) is 20.4. The minimum atomic E-state index is -4.80. The number of nitriles is 1. The van der Waals surface area contributed by atoms with Gasteiger partial charge in [0.2, 0.25) is 5.91 Å². The van der Waals surface area contributed by atoms with Crippen molar-refractivity contribution in [2.45, 2.75) is 39.0 Å². The maximum absolute atomic E-state index is 15.4. The van der Waals surface area contributed by atoms with Gasteiger partial charge in [0, 0.05) is 53.8 Å². The topological polar surface area (TPSA) is 87.9 Å². The second kappa shape index (κ2) is 9.87. The van der Waals surface area contributed by atoms with Crippen LogP contribution in [0.15, 0.2) is 36.5 Å². The number of rotatable bonds is 5. The van der Waals surface area contributed by atoms with Gasteiger partial charge < -0.3 is 10.6 Å². The molecule has 1 amide bonds. The smallest absolute Gasteiger partial charge is 0.333 e. The molecule has 0 radical (unpaired) electrons. The monoisotopic (exact) mass is 517 g/mol. The number of hydrogen-bond acceptors (Lipinski definition) is 5. The number of nitrogens with two attached hydrogens (primary N) is 1. The molecule has 2 aromatic heterocycles. The molecule has 36 heavy (non-hydrogen) atoms. The van der Waals surface area contributed by atoms with Crippen molar-refractivity contribution in [1.82, 2.24) is 14.7 Å². The molecule has 0 saturated heterocycles. The molecule has 0 fully saturated rings. The van der Waals surface area contributed by atoms with E-state index in [1.54, 1.807) is 19.9 Å². The molecule has 1 atom stereocenters. The summed E-state index contributed by atoms with van der Waals surface area (Å²) in [6, 6.07) is 6.27. The number of carbonyl (C=O) groups excluding carboxylic acids is 1. The van der Waals surface area contributed by atoms with Gasteiger partial charge in [-0.15, -0.1) is 11.3 Å². The molecule has 1 aliphatic heterocycles. The van der Waals surface area contributed by atoms with E-state index in [2.05, 4.69) is 11.2 Å². The minimum absolute atomic E-state index is 0.100. The molecule has 1 aromatic carbocycles. The highest BCUT2D eigenvalue weighted by atomic mass is 32.1. The van der Waals surface area contributed by atoms with Gasteiger partial charge >= 0.3 is 6.18 Å². The lowest BCUT2D eigenvalue weighted by Crippen LogP contribution is -2.37. The predicted molar refractivity (Wildman–Crippen MR) is 128 cm³/mol. The van der Waals surface area contributed by atoms with Gasteiger partial charge in [0.1, 0.15) is 16.8 Å². The standard InChI is InChI=1S/C25H23F4N5OS/c1-3-34-12-17(24(32-34)25(27,28)29)23-15(6-4-7-18(23)26)16-11-33(21(35)8-5-9-30)13-20-22(16)14(2)19(10-31)36-20/h4-8,12,16H,3,9,11,13,30H2,1-2H3/b8-5+/t16-/m0/s1. The molecule has 2 N–H and O–H groups in total. The number of halogens is 4. The van der Waals surface area contributed by atoms with Crippen LogP contribution in [0, 0.1) is 24.1 Å². The highest BCUT2D eigenvalue weighted by Crippen LogP contribution is 2.46. The van der Waals surface area contributed by atoms with Gasteiger partial charge in [0.15, 0.2) is 5.69 Å². The van der Waals surface area contributed by atoms with Gasteiger partial charge in [-0.2, -0.15) is 23.5 Å². The van der Waals surface area contributed by atoms with Crippen LogP contribution in [0.3, 0.4) is 0 Å². The van der Waals surface area contributed by atoms with Crippen molar-refractivity contribution in [2.75, 3.05) is 13.1 Å². The van der Waals surface area contributed by atoms with Crippen molar-refractivity contribution in [1.29, 1.82) is 5.26 Å². The summed E-state index contributed by atoms with van der Waals surface area (Å²) in [5.41, 5.74) is 5.44. The fraction of sp³-hybridized carbons (Fsp3) is 0.320. The quantitative estimate of drug-likeness (QED) is 0.383. The number of aromatic nitrogens is 2. The third-order valence-corrected chi connectivity index (χ3v) is 7.41. The molecule has 11 heteroatoms. The molecule has 1 aliphatic rings. The van der Waals surface area contributed by atoms with Crippen molar-refractivity contribution >= 4 is 17.2 Å². The Bertz CT molecular complexity index is 1380. The summed E-state index contributed by atoms with van der Waals surface area (Å²) >= 11 is 1.23. The van der Waals surface area contributed by atoms with Crippen LogP contribution >= 0.6 is 11.3 Å². The molecule has 6 nitrogen and oxygen atoms in total. The van der Waals surface area contributed by atoms with E-state index >= 15 is 4.39 Å². The van der Waals surface area contributed by atoms with Crippen LogP contribution in [-0.4, -0.2) is 33.7 Å². The van der Waals surface area contributed by atoms with Crippen LogP contribution in [0.25, 0.3) is 11.1 Å². The first-order valence-electron chi connectivity index (χ1n) is 11.2. The lowest BCUT2D eigenvalue weighted by molar-refractivity contribution is -0.141. The number of nitrogens with zero attached hydrogens (tertiary/aromatic N) is 4. The number of alkyl halides is 3. The molecule has 0 aliphatic carbocycles. The third-order valence-electron chi connectivity index (χ3n) is 6.21. The second-order valence-corrected chi connectivity index (χ2v) is 9.47. The molecule has 0 saturated carbocycles. The highest BCUT2D eigenvalue weighted by Gasteiger charge is 2.40. The van der Waals surface area contributed by atoms with Crippen LogP contribution in [-0.2, 0) is 24.1 Å². The maximum Gasteiger partial charge on any atom is 0.435 e. The molecule has 0 bridgehead atoms. The van der Waals surface area contributed by atoms with Crippen molar-refractivity contribution in [2.24, 2.45) is 5.73 Å². The van der Waals surface area contributed by atoms with Crippen molar-refractivity contribution in [3.8, 4) is 17.2 Å². The summed E-state index contributed by atoms with van der Waals surface area (Å²) in [4.78, 5) is 15.6. The Morgan fingerprint density at radius 3 is 2.78 bits per heavy atom. The van der Waals surface area contributed by atoms with Gasteiger partial charge in [-0.05, 0) is 36.6 Å². The van der Waals surface area contributed by atoms with Crippen LogP contribution in [0.1, 0.15) is 45.0 Å². The first kappa shape index (κ1) is 25.6. The van der Waals surface area contributed by atoms with Gasteiger partial charge in [-0.3, -0.25) is 9.48 Å². The summed E-state index contributed by atoms with van der Waals surface area (Å²) in [6.45, 7) is 4.08. The Morgan fingerprint density at radius 1 is 1.39 bits per heavy atom. The van der Waals surface area contributed by atoms with E-state index in [0.29, 0.717) is 16.0 Å². The van der Waals surface area contributed by atoms with Crippen LogP contribution in [0.5, 0.6) is 0 Å². The van der Waals surface area contributed by atoms with E-state index in [1.807, 2.05) is 0 Å². The van der Waals surface area contributed by atoms with Gasteiger partial charge in [-0.25, -0.2) is 4.39 Å². The molecule has 4 rings (SSSR count). The number of benzene rings is 1. The summed E-state index contributed by atoms with van der Waals surface area (Å²) in [6.07, 6.45) is -0.750. The van der Waals surface area contributed by atoms with Gasteiger partial charge in [0.05, 0.1) is 6.54 Å². The Balaban J connectivity index is 1.95. The average molecular weight is 518 g/mol. The summed E-state index contributed by atoms with van der Waals surface area (Å²) in [5.74, 6) is -1.80. The van der Waals surface area contributed by atoms with E-state index in [0.717, 1.165) is 21.2 Å². The van der Waals surface area contributed by atoms with E-state index in [9.17, 15) is 23.2 Å². The van der Waals surface area contributed by atoms with E-state index in [1.165, 1.54) is 40.7 Å². The number of fused-ring (bicyclic) bond motifs is 1. The Kier molecular flexibility index (Phi) is 7.02. The van der Waals surface area contributed by atoms with E-state index in [4.69, 9.17) is 5.73 Å². The van der Waals surface area contributed by atoms with Crippen molar-refractivity contribution in [3.05, 3.63) is 74.5 Å². The Morgan fingerprint density at radius 2 is 2.14 bits per heavy atom. The molecular weight excluding hydrogens is 494 g/mol. The number of carbonyl (C=O) groups is 1. The van der Waals surface area contributed by atoms with E-state index < -0.39 is 23.6 Å². The molecule has 0 spiro atoms. The number of thiophene rings is 1. The number of amides is 1. The normalized spacial score (nSPS) is 15.8. The molecule has 3 heterocycles. The van der Waals surface area contributed by atoms with E-state index in [-0.39, 0.29) is 43.2 Å². The summed E-state index contributed by atoms with van der Waals surface area (Å²) in [5, 5.41) is 13.3. The zero-order chi connectivity index (χ0) is 26.2. The molecular formula is C25H23F4N5OS. The molecule has 3 aromatic rings. The maximum atomic E-state index is 15.4.